The van der Waals surface area contributed by atoms with Crippen LogP contribution in [0.4, 0.5) is 0 Å². The SMILES string of the molecule is CS(=O)(=O)NC[C@H]1CN(Cc2ccc3ccccc3n2)Cc2ccnn21. The van der Waals surface area contributed by atoms with Crippen molar-refractivity contribution in [3.05, 3.63) is 60.0 Å². The first kappa shape index (κ1) is 17.1. The molecule has 136 valence electrons. The molecule has 2 aromatic heterocycles. The van der Waals surface area contributed by atoms with E-state index in [0.717, 1.165) is 28.8 Å². The zero-order chi connectivity index (χ0) is 18.1. The smallest absolute Gasteiger partial charge is 0.208 e. The summed E-state index contributed by atoms with van der Waals surface area (Å²) >= 11 is 0. The molecule has 26 heavy (non-hydrogen) atoms. The minimum Gasteiger partial charge on any atom is -0.290 e. The second kappa shape index (κ2) is 6.79. The van der Waals surface area contributed by atoms with E-state index < -0.39 is 10.0 Å². The number of pyridine rings is 1. The van der Waals surface area contributed by atoms with E-state index in [2.05, 4.69) is 32.9 Å². The fourth-order valence-electron chi connectivity index (χ4n) is 3.41. The van der Waals surface area contributed by atoms with Gasteiger partial charge in [0.1, 0.15) is 0 Å². The number of benzene rings is 1. The van der Waals surface area contributed by atoms with Crippen molar-refractivity contribution < 1.29 is 8.42 Å². The van der Waals surface area contributed by atoms with Crippen LogP contribution >= 0.6 is 0 Å². The molecular formula is C18H21N5O2S. The van der Waals surface area contributed by atoms with Crippen LogP contribution in [-0.4, -0.2) is 47.4 Å². The van der Waals surface area contributed by atoms with Crippen LogP contribution in [0.5, 0.6) is 0 Å². The fourth-order valence-corrected chi connectivity index (χ4v) is 3.90. The van der Waals surface area contributed by atoms with E-state index in [4.69, 9.17) is 4.98 Å². The van der Waals surface area contributed by atoms with Crippen molar-refractivity contribution in [2.24, 2.45) is 0 Å². The van der Waals surface area contributed by atoms with Crippen molar-refractivity contribution in [3.8, 4) is 0 Å². The lowest BCUT2D eigenvalue weighted by atomic mass is 10.1. The molecule has 3 aromatic rings. The second-order valence-electron chi connectivity index (χ2n) is 6.71. The van der Waals surface area contributed by atoms with Crippen LogP contribution in [0.2, 0.25) is 0 Å². The van der Waals surface area contributed by atoms with Gasteiger partial charge in [0.2, 0.25) is 10.0 Å². The number of hydrogen-bond acceptors (Lipinski definition) is 5. The number of para-hydroxylation sites is 1. The minimum absolute atomic E-state index is 0.0380. The highest BCUT2D eigenvalue weighted by molar-refractivity contribution is 7.88. The zero-order valence-corrected chi connectivity index (χ0v) is 15.4. The Morgan fingerprint density at radius 3 is 2.88 bits per heavy atom. The Hall–Kier alpha value is -2.29. The molecule has 8 heteroatoms. The Morgan fingerprint density at radius 1 is 1.19 bits per heavy atom. The van der Waals surface area contributed by atoms with Gasteiger partial charge in [0, 0.05) is 37.8 Å². The zero-order valence-electron chi connectivity index (χ0n) is 14.5. The van der Waals surface area contributed by atoms with Crippen molar-refractivity contribution in [1.82, 2.24) is 24.4 Å². The molecule has 1 aliphatic rings. The van der Waals surface area contributed by atoms with Gasteiger partial charge in [-0.25, -0.2) is 13.1 Å². The molecule has 0 radical (unpaired) electrons. The van der Waals surface area contributed by atoms with Crippen LogP contribution < -0.4 is 4.72 Å². The summed E-state index contributed by atoms with van der Waals surface area (Å²) in [6, 6.07) is 14.2. The highest BCUT2D eigenvalue weighted by atomic mass is 32.2. The minimum atomic E-state index is -3.23. The van der Waals surface area contributed by atoms with Crippen molar-refractivity contribution >= 4 is 20.9 Å². The van der Waals surface area contributed by atoms with Crippen LogP contribution in [-0.2, 0) is 23.1 Å². The maximum Gasteiger partial charge on any atom is 0.208 e. The molecule has 0 aliphatic carbocycles. The van der Waals surface area contributed by atoms with Crippen molar-refractivity contribution in [1.29, 1.82) is 0 Å². The Morgan fingerprint density at radius 2 is 2.04 bits per heavy atom. The van der Waals surface area contributed by atoms with Crippen molar-refractivity contribution in [3.63, 3.8) is 0 Å². The molecule has 0 fully saturated rings. The van der Waals surface area contributed by atoms with Crippen LogP contribution in [0.1, 0.15) is 17.4 Å². The first-order chi connectivity index (χ1) is 12.5. The van der Waals surface area contributed by atoms with Gasteiger partial charge in [0.05, 0.1) is 29.2 Å². The Kier molecular flexibility index (Phi) is 4.47. The second-order valence-corrected chi connectivity index (χ2v) is 8.54. The molecule has 0 bridgehead atoms. The van der Waals surface area contributed by atoms with Gasteiger partial charge in [-0.15, -0.1) is 0 Å². The van der Waals surface area contributed by atoms with E-state index in [1.54, 1.807) is 6.20 Å². The number of aromatic nitrogens is 3. The highest BCUT2D eigenvalue weighted by Crippen LogP contribution is 2.22. The van der Waals surface area contributed by atoms with E-state index in [1.165, 1.54) is 6.26 Å². The van der Waals surface area contributed by atoms with E-state index >= 15 is 0 Å². The molecule has 3 heterocycles. The quantitative estimate of drug-likeness (QED) is 0.736. The summed E-state index contributed by atoms with van der Waals surface area (Å²) in [7, 11) is -3.23. The predicted octanol–water partition coefficient (Wildman–Crippen LogP) is 1.54. The number of sulfonamides is 1. The molecule has 1 aliphatic heterocycles. The Bertz CT molecular complexity index is 1030. The molecule has 1 atom stereocenters. The van der Waals surface area contributed by atoms with Gasteiger partial charge in [-0.1, -0.05) is 24.3 Å². The van der Waals surface area contributed by atoms with Gasteiger partial charge in [-0.2, -0.15) is 5.10 Å². The highest BCUT2D eigenvalue weighted by Gasteiger charge is 2.26. The molecule has 0 amide bonds. The van der Waals surface area contributed by atoms with Crippen molar-refractivity contribution in [2.45, 2.75) is 19.1 Å². The fraction of sp³-hybridized carbons (Fsp3) is 0.333. The molecule has 0 saturated heterocycles. The number of fused-ring (bicyclic) bond motifs is 2. The van der Waals surface area contributed by atoms with Crippen LogP contribution in [0.25, 0.3) is 10.9 Å². The predicted molar refractivity (Wildman–Crippen MR) is 100.0 cm³/mol. The summed E-state index contributed by atoms with van der Waals surface area (Å²) in [6.45, 7) is 2.52. The third-order valence-corrected chi connectivity index (χ3v) is 5.27. The van der Waals surface area contributed by atoms with E-state index in [-0.39, 0.29) is 6.04 Å². The molecule has 0 saturated carbocycles. The molecular weight excluding hydrogens is 350 g/mol. The van der Waals surface area contributed by atoms with Gasteiger partial charge < -0.3 is 0 Å². The Labute approximate surface area is 152 Å². The molecule has 1 aromatic carbocycles. The number of nitrogens with one attached hydrogen (secondary N) is 1. The van der Waals surface area contributed by atoms with Crippen LogP contribution in [0.15, 0.2) is 48.7 Å². The topological polar surface area (TPSA) is 80.1 Å². The standard InChI is InChI=1S/C18H21N5O2S/c1-26(24,25)20-10-17-13-22(12-16-8-9-19-23(16)17)11-15-7-6-14-4-2-3-5-18(14)21-15/h2-9,17,20H,10-13H2,1H3/t17-/m0/s1. The largest absolute Gasteiger partial charge is 0.290 e. The van der Waals surface area contributed by atoms with Crippen LogP contribution in [0, 0.1) is 0 Å². The summed E-state index contributed by atoms with van der Waals surface area (Å²) in [5, 5.41) is 5.49. The monoisotopic (exact) mass is 371 g/mol. The number of nitrogens with zero attached hydrogens (tertiary/aromatic N) is 4. The average molecular weight is 371 g/mol. The lowest BCUT2D eigenvalue weighted by molar-refractivity contribution is 0.166. The van der Waals surface area contributed by atoms with Gasteiger partial charge in [0.25, 0.3) is 0 Å². The van der Waals surface area contributed by atoms with Gasteiger partial charge in [-0.05, 0) is 18.2 Å². The molecule has 0 spiro atoms. The maximum atomic E-state index is 11.5. The summed E-state index contributed by atoms with van der Waals surface area (Å²) in [5.41, 5.74) is 3.08. The first-order valence-electron chi connectivity index (χ1n) is 8.52. The number of hydrogen-bond donors (Lipinski definition) is 1. The van der Waals surface area contributed by atoms with Crippen molar-refractivity contribution in [2.75, 3.05) is 19.3 Å². The summed E-state index contributed by atoms with van der Waals surface area (Å²) in [6.07, 6.45) is 2.94. The first-order valence-corrected chi connectivity index (χ1v) is 10.4. The average Bonchev–Trinajstić information content (AvgIpc) is 3.07. The molecule has 4 rings (SSSR count). The summed E-state index contributed by atoms with van der Waals surface area (Å²) in [5.74, 6) is 0. The third kappa shape index (κ3) is 3.77. The number of rotatable bonds is 5. The van der Waals surface area contributed by atoms with Gasteiger partial charge in [-0.3, -0.25) is 14.6 Å². The van der Waals surface area contributed by atoms with E-state index in [0.29, 0.717) is 19.6 Å². The third-order valence-electron chi connectivity index (χ3n) is 4.58. The van der Waals surface area contributed by atoms with Gasteiger partial charge in [0.15, 0.2) is 0 Å². The van der Waals surface area contributed by atoms with E-state index in [1.807, 2.05) is 28.9 Å². The summed E-state index contributed by atoms with van der Waals surface area (Å²) in [4.78, 5) is 7.03. The Balaban J connectivity index is 1.53. The van der Waals surface area contributed by atoms with Gasteiger partial charge >= 0.3 is 0 Å². The summed E-state index contributed by atoms with van der Waals surface area (Å²) < 4.78 is 27.4. The van der Waals surface area contributed by atoms with E-state index in [9.17, 15) is 8.42 Å². The molecule has 7 nitrogen and oxygen atoms in total. The molecule has 1 N–H and O–H groups in total. The van der Waals surface area contributed by atoms with Crippen LogP contribution in [0.3, 0.4) is 0 Å². The maximum absolute atomic E-state index is 11.5. The normalized spacial score (nSPS) is 18.1. The molecule has 0 unspecified atom stereocenters. The lowest BCUT2D eigenvalue weighted by Gasteiger charge is -2.33. The lowest BCUT2D eigenvalue weighted by Crippen LogP contribution is -2.42.